The van der Waals surface area contributed by atoms with Crippen molar-refractivity contribution in [2.45, 2.75) is 18.9 Å². The zero-order valence-electron chi connectivity index (χ0n) is 10.2. The molecule has 6 nitrogen and oxygen atoms in total. The summed E-state index contributed by atoms with van der Waals surface area (Å²) in [5, 5.41) is 5.26. The van der Waals surface area contributed by atoms with Crippen molar-refractivity contribution in [2.24, 2.45) is 5.73 Å². The summed E-state index contributed by atoms with van der Waals surface area (Å²) in [7, 11) is 1.73. The van der Waals surface area contributed by atoms with Crippen LogP contribution in [0.2, 0.25) is 0 Å². The second-order valence-electron chi connectivity index (χ2n) is 4.24. The molecule has 1 aromatic heterocycles. The van der Waals surface area contributed by atoms with Crippen LogP contribution in [0, 0.1) is 0 Å². The summed E-state index contributed by atoms with van der Waals surface area (Å²) in [6.45, 7) is 1.19. The Labute approximate surface area is 109 Å². The minimum Gasteiger partial charge on any atom is -0.344 e. The quantitative estimate of drug-likeness (QED) is 0.778. The summed E-state index contributed by atoms with van der Waals surface area (Å²) in [5.41, 5.74) is 5.79. The smallest absolute Gasteiger partial charge is 0.271 e. The van der Waals surface area contributed by atoms with Crippen LogP contribution in [-0.4, -0.2) is 47.9 Å². The van der Waals surface area contributed by atoms with Crippen LogP contribution >= 0.6 is 11.3 Å². The molecule has 2 heterocycles. The van der Waals surface area contributed by atoms with Crippen molar-refractivity contribution in [1.29, 1.82) is 0 Å². The Balaban J connectivity index is 1.97. The summed E-state index contributed by atoms with van der Waals surface area (Å²) in [6, 6.07) is -0.415. The first-order valence-electron chi connectivity index (χ1n) is 5.82. The van der Waals surface area contributed by atoms with E-state index in [0.29, 0.717) is 31.6 Å². The van der Waals surface area contributed by atoms with Crippen molar-refractivity contribution < 1.29 is 9.59 Å². The third kappa shape index (κ3) is 2.68. The number of aromatic nitrogens is 1. The molecule has 1 aromatic rings. The lowest BCUT2D eigenvalue weighted by atomic mass is 10.2. The molecule has 0 aromatic carbocycles. The van der Waals surface area contributed by atoms with Gasteiger partial charge in [-0.2, -0.15) is 0 Å². The van der Waals surface area contributed by atoms with Crippen molar-refractivity contribution in [2.75, 3.05) is 20.1 Å². The lowest BCUT2D eigenvalue weighted by molar-refractivity contribution is -0.128. The molecule has 0 aliphatic carbocycles. The molecule has 1 saturated heterocycles. The van der Waals surface area contributed by atoms with E-state index in [1.807, 2.05) is 0 Å². The van der Waals surface area contributed by atoms with Gasteiger partial charge in [-0.1, -0.05) is 0 Å². The molecule has 7 heteroatoms. The summed E-state index contributed by atoms with van der Waals surface area (Å²) in [4.78, 5) is 29.4. The molecule has 2 rings (SSSR count). The molecule has 0 bridgehead atoms. The van der Waals surface area contributed by atoms with Crippen LogP contribution in [0.4, 0.5) is 0 Å². The van der Waals surface area contributed by atoms with Crippen LogP contribution in [0.25, 0.3) is 0 Å². The van der Waals surface area contributed by atoms with Crippen LogP contribution in [0.3, 0.4) is 0 Å². The largest absolute Gasteiger partial charge is 0.344 e. The molecular weight excluding hydrogens is 252 g/mol. The molecule has 18 heavy (non-hydrogen) atoms. The van der Waals surface area contributed by atoms with Gasteiger partial charge in [0.15, 0.2) is 0 Å². The molecule has 1 fully saturated rings. The number of hydrogen-bond donors (Lipinski definition) is 2. The van der Waals surface area contributed by atoms with Crippen LogP contribution in [0.1, 0.15) is 21.9 Å². The minimum absolute atomic E-state index is 0.0410. The first kappa shape index (κ1) is 13.0. The highest BCUT2D eigenvalue weighted by Gasteiger charge is 2.30. The molecule has 1 aliphatic heterocycles. The number of nitrogens with one attached hydrogen (secondary N) is 1. The number of likely N-dealkylation sites (N-methyl/N-ethyl adjacent to an activating group) is 1. The SMILES string of the molecule is CN1CCC(NC(=O)c2csc(CCN)n2)C1=O. The number of nitrogens with zero attached hydrogens (tertiary/aromatic N) is 2. The number of hydrogen-bond acceptors (Lipinski definition) is 5. The van der Waals surface area contributed by atoms with Gasteiger partial charge in [-0.25, -0.2) is 4.98 Å². The van der Waals surface area contributed by atoms with E-state index >= 15 is 0 Å². The number of carbonyl (C=O) groups is 2. The van der Waals surface area contributed by atoms with Crippen LogP contribution < -0.4 is 11.1 Å². The Bertz CT molecular complexity index is 460. The number of carbonyl (C=O) groups excluding carboxylic acids is 2. The lowest BCUT2D eigenvalue weighted by Crippen LogP contribution is -2.40. The summed E-state index contributed by atoms with van der Waals surface area (Å²) in [5.74, 6) is -0.330. The van der Waals surface area contributed by atoms with E-state index in [1.54, 1.807) is 17.3 Å². The van der Waals surface area contributed by atoms with Crippen LogP contribution in [-0.2, 0) is 11.2 Å². The van der Waals surface area contributed by atoms with Gasteiger partial charge in [-0.15, -0.1) is 11.3 Å². The zero-order chi connectivity index (χ0) is 13.1. The number of rotatable bonds is 4. The van der Waals surface area contributed by atoms with E-state index < -0.39 is 6.04 Å². The Kier molecular flexibility index (Phi) is 3.93. The fraction of sp³-hybridized carbons (Fsp3) is 0.545. The van der Waals surface area contributed by atoms with Gasteiger partial charge in [0.1, 0.15) is 11.7 Å². The second kappa shape index (κ2) is 5.45. The molecule has 0 spiro atoms. The fourth-order valence-corrected chi connectivity index (χ4v) is 2.64. The third-order valence-corrected chi connectivity index (χ3v) is 3.78. The summed E-state index contributed by atoms with van der Waals surface area (Å²) in [6.07, 6.45) is 1.32. The van der Waals surface area contributed by atoms with Gasteiger partial charge in [0.25, 0.3) is 5.91 Å². The highest BCUT2D eigenvalue weighted by Crippen LogP contribution is 2.12. The van der Waals surface area contributed by atoms with Gasteiger partial charge < -0.3 is 16.0 Å². The van der Waals surface area contributed by atoms with Gasteiger partial charge in [0.2, 0.25) is 5.91 Å². The highest BCUT2D eigenvalue weighted by atomic mass is 32.1. The van der Waals surface area contributed by atoms with E-state index in [2.05, 4.69) is 10.3 Å². The first-order chi connectivity index (χ1) is 8.61. The molecule has 1 unspecified atom stereocenters. The van der Waals surface area contributed by atoms with Crippen molar-refractivity contribution in [3.05, 3.63) is 16.1 Å². The van der Waals surface area contributed by atoms with Gasteiger partial charge in [0, 0.05) is 25.4 Å². The Morgan fingerprint density at radius 1 is 1.72 bits per heavy atom. The predicted octanol–water partition coefficient (Wildman–Crippen LogP) is -0.395. The van der Waals surface area contributed by atoms with Crippen molar-refractivity contribution >= 4 is 23.2 Å². The van der Waals surface area contributed by atoms with E-state index in [1.165, 1.54) is 11.3 Å². The van der Waals surface area contributed by atoms with E-state index in [0.717, 1.165) is 5.01 Å². The fourth-order valence-electron chi connectivity index (χ4n) is 1.84. The molecule has 1 aliphatic rings. The standard InChI is InChI=1S/C11H16N4O2S/c1-15-5-3-7(11(15)17)14-10(16)8-6-18-9(13-8)2-4-12/h6-7H,2-5,12H2,1H3,(H,14,16). The Morgan fingerprint density at radius 2 is 2.50 bits per heavy atom. The monoisotopic (exact) mass is 268 g/mol. The second-order valence-corrected chi connectivity index (χ2v) is 5.18. The molecule has 98 valence electrons. The van der Waals surface area contributed by atoms with Crippen LogP contribution in [0.15, 0.2) is 5.38 Å². The number of amides is 2. The maximum atomic E-state index is 11.9. The topological polar surface area (TPSA) is 88.3 Å². The maximum Gasteiger partial charge on any atom is 0.271 e. The maximum absolute atomic E-state index is 11.9. The third-order valence-electron chi connectivity index (χ3n) is 2.88. The Hall–Kier alpha value is -1.47. The minimum atomic E-state index is -0.415. The average molecular weight is 268 g/mol. The average Bonchev–Trinajstić information content (AvgIpc) is 2.92. The number of likely N-dealkylation sites (tertiary alicyclic amines) is 1. The van der Waals surface area contributed by atoms with Crippen molar-refractivity contribution in [3.8, 4) is 0 Å². The summed E-state index contributed by atoms with van der Waals surface area (Å²) < 4.78 is 0. The Morgan fingerprint density at radius 3 is 3.11 bits per heavy atom. The van der Waals surface area contributed by atoms with Gasteiger partial charge in [-0.3, -0.25) is 9.59 Å². The molecule has 0 radical (unpaired) electrons. The predicted molar refractivity (Wildman–Crippen MR) is 68.4 cm³/mol. The van der Waals surface area contributed by atoms with E-state index in [-0.39, 0.29) is 11.8 Å². The summed E-state index contributed by atoms with van der Waals surface area (Å²) >= 11 is 1.41. The van der Waals surface area contributed by atoms with Gasteiger partial charge >= 0.3 is 0 Å². The number of nitrogens with two attached hydrogens (primary N) is 1. The number of thiazole rings is 1. The zero-order valence-corrected chi connectivity index (χ0v) is 11.0. The molecule has 3 N–H and O–H groups in total. The van der Waals surface area contributed by atoms with E-state index in [9.17, 15) is 9.59 Å². The molecular formula is C11H16N4O2S. The van der Waals surface area contributed by atoms with Crippen molar-refractivity contribution in [1.82, 2.24) is 15.2 Å². The highest BCUT2D eigenvalue weighted by molar-refractivity contribution is 7.09. The normalized spacial score (nSPS) is 19.3. The van der Waals surface area contributed by atoms with Gasteiger partial charge in [-0.05, 0) is 13.0 Å². The van der Waals surface area contributed by atoms with Gasteiger partial charge in [0.05, 0.1) is 5.01 Å². The van der Waals surface area contributed by atoms with Crippen LogP contribution in [0.5, 0.6) is 0 Å². The molecule has 0 saturated carbocycles. The molecule has 1 atom stereocenters. The van der Waals surface area contributed by atoms with E-state index in [4.69, 9.17) is 5.73 Å². The van der Waals surface area contributed by atoms with Crippen molar-refractivity contribution in [3.63, 3.8) is 0 Å². The first-order valence-corrected chi connectivity index (χ1v) is 6.70. The lowest BCUT2D eigenvalue weighted by Gasteiger charge is -2.11. The molecule has 2 amide bonds.